The summed E-state index contributed by atoms with van der Waals surface area (Å²) in [5.41, 5.74) is 0. The minimum atomic E-state index is 0.686. The monoisotopic (exact) mass is 331 g/mol. The SMILES string of the molecule is CC1CCCCN1CC1CCCN(Cc2nnc(C3CC3)n2C)C1. The minimum absolute atomic E-state index is 0.686. The van der Waals surface area contributed by atoms with E-state index in [0.717, 1.165) is 24.3 Å². The second-order valence-electron chi connectivity index (χ2n) is 8.39. The summed E-state index contributed by atoms with van der Waals surface area (Å²) in [5.74, 6) is 3.88. The summed E-state index contributed by atoms with van der Waals surface area (Å²) < 4.78 is 2.26. The van der Waals surface area contributed by atoms with Crippen LogP contribution in [0, 0.1) is 5.92 Å². The van der Waals surface area contributed by atoms with E-state index in [4.69, 9.17) is 0 Å². The summed E-state index contributed by atoms with van der Waals surface area (Å²) in [4.78, 5) is 5.36. The lowest BCUT2D eigenvalue weighted by atomic mass is 9.95. The Morgan fingerprint density at radius 1 is 1.00 bits per heavy atom. The Morgan fingerprint density at radius 3 is 2.67 bits per heavy atom. The normalized spacial score (nSPS) is 29.9. The Bertz CT molecular complexity index is 550. The predicted molar refractivity (Wildman–Crippen MR) is 95.9 cm³/mol. The molecule has 2 atom stereocenters. The molecule has 3 aliphatic rings. The van der Waals surface area contributed by atoms with Crippen molar-refractivity contribution in [1.82, 2.24) is 24.6 Å². The number of piperidine rings is 2. The van der Waals surface area contributed by atoms with Crippen LogP contribution < -0.4 is 0 Å². The van der Waals surface area contributed by atoms with Gasteiger partial charge in [0.05, 0.1) is 6.54 Å². The van der Waals surface area contributed by atoms with Gasteiger partial charge in [-0.2, -0.15) is 0 Å². The van der Waals surface area contributed by atoms with E-state index in [9.17, 15) is 0 Å². The fraction of sp³-hybridized carbons (Fsp3) is 0.895. The molecule has 1 aliphatic carbocycles. The molecule has 0 amide bonds. The molecule has 2 unspecified atom stereocenters. The molecule has 0 spiro atoms. The van der Waals surface area contributed by atoms with Crippen molar-refractivity contribution in [2.75, 3.05) is 26.2 Å². The van der Waals surface area contributed by atoms with Gasteiger partial charge in [-0.15, -0.1) is 10.2 Å². The van der Waals surface area contributed by atoms with E-state index in [1.807, 2.05) is 0 Å². The van der Waals surface area contributed by atoms with Crippen LogP contribution in [0.25, 0.3) is 0 Å². The smallest absolute Gasteiger partial charge is 0.146 e. The van der Waals surface area contributed by atoms with E-state index in [1.165, 1.54) is 76.9 Å². The minimum Gasteiger partial charge on any atom is -0.317 e. The summed E-state index contributed by atoms with van der Waals surface area (Å²) in [6, 6.07) is 0.786. The average molecular weight is 332 g/mol. The van der Waals surface area contributed by atoms with Gasteiger partial charge in [0, 0.05) is 32.1 Å². The number of aromatic nitrogens is 3. The van der Waals surface area contributed by atoms with Gasteiger partial charge in [-0.1, -0.05) is 6.42 Å². The highest BCUT2D eigenvalue weighted by molar-refractivity contribution is 5.07. The quantitative estimate of drug-likeness (QED) is 0.831. The summed E-state index contributed by atoms with van der Waals surface area (Å²) >= 11 is 0. The van der Waals surface area contributed by atoms with Crippen LogP contribution in [0.4, 0.5) is 0 Å². The van der Waals surface area contributed by atoms with E-state index in [2.05, 4.69) is 38.5 Å². The molecule has 5 heteroatoms. The van der Waals surface area contributed by atoms with Crippen molar-refractivity contribution in [2.24, 2.45) is 13.0 Å². The van der Waals surface area contributed by atoms with Crippen LogP contribution in [0.1, 0.15) is 69.4 Å². The molecule has 3 heterocycles. The van der Waals surface area contributed by atoms with Crippen molar-refractivity contribution in [2.45, 2.75) is 70.4 Å². The van der Waals surface area contributed by atoms with Gasteiger partial charge in [0.2, 0.25) is 0 Å². The second-order valence-corrected chi connectivity index (χ2v) is 8.39. The molecule has 0 aromatic carbocycles. The second kappa shape index (κ2) is 7.12. The van der Waals surface area contributed by atoms with Crippen molar-refractivity contribution < 1.29 is 0 Å². The fourth-order valence-corrected chi connectivity index (χ4v) is 4.61. The zero-order valence-electron chi connectivity index (χ0n) is 15.5. The molecule has 1 aromatic rings. The van der Waals surface area contributed by atoms with Crippen LogP contribution >= 0.6 is 0 Å². The fourth-order valence-electron chi connectivity index (χ4n) is 4.61. The zero-order chi connectivity index (χ0) is 16.5. The molecule has 0 N–H and O–H groups in total. The maximum absolute atomic E-state index is 4.48. The van der Waals surface area contributed by atoms with E-state index in [0.29, 0.717) is 5.92 Å². The van der Waals surface area contributed by atoms with E-state index >= 15 is 0 Å². The lowest BCUT2D eigenvalue weighted by Crippen LogP contribution is -2.45. The van der Waals surface area contributed by atoms with Gasteiger partial charge in [-0.3, -0.25) is 4.90 Å². The molecule has 24 heavy (non-hydrogen) atoms. The summed E-state index contributed by atoms with van der Waals surface area (Å²) in [6.45, 7) is 8.45. The summed E-state index contributed by atoms with van der Waals surface area (Å²) in [7, 11) is 2.15. The molecule has 0 bridgehead atoms. The van der Waals surface area contributed by atoms with Crippen LogP contribution in [0.15, 0.2) is 0 Å². The van der Waals surface area contributed by atoms with Gasteiger partial charge in [-0.25, -0.2) is 0 Å². The van der Waals surface area contributed by atoms with Crippen LogP contribution in [0.3, 0.4) is 0 Å². The summed E-state index contributed by atoms with van der Waals surface area (Å²) in [6.07, 6.45) is 9.52. The van der Waals surface area contributed by atoms with Crippen molar-refractivity contribution in [3.8, 4) is 0 Å². The van der Waals surface area contributed by atoms with Crippen molar-refractivity contribution in [3.05, 3.63) is 11.6 Å². The van der Waals surface area contributed by atoms with Gasteiger partial charge < -0.3 is 9.47 Å². The first kappa shape index (κ1) is 16.5. The van der Waals surface area contributed by atoms with Gasteiger partial charge in [0.15, 0.2) is 0 Å². The number of hydrogen-bond donors (Lipinski definition) is 0. The van der Waals surface area contributed by atoms with Crippen LogP contribution in [-0.2, 0) is 13.6 Å². The number of nitrogens with zero attached hydrogens (tertiary/aromatic N) is 5. The number of hydrogen-bond acceptors (Lipinski definition) is 4. The first-order valence-corrected chi connectivity index (χ1v) is 10.1. The molecule has 1 saturated carbocycles. The third kappa shape index (κ3) is 3.67. The Labute approximate surface area is 146 Å². The van der Waals surface area contributed by atoms with Gasteiger partial charge in [-0.05, 0) is 64.5 Å². The lowest BCUT2D eigenvalue weighted by molar-refractivity contribution is 0.0898. The first-order valence-electron chi connectivity index (χ1n) is 10.1. The van der Waals surface area contributed by atoms with E-state index < -0.39 is 0 Å². The first-order chi connectivity index (χ1) is 11.7. The Hall–Kier alpha value is -0.940. The van der Waals surface area contributed by atoms with Crippen molar-refractivity contribution in [3.63, 3.8) is 0 Å². The third-order valence-corrected chi connectivity index (χ3v) is 6.34. The van der Waals surface area contributed by atoms with Gasteiger partial charge in [0.1, 0.15) is 11.6 Å². The molecule has 134 valence electrons. The Kier molecular flexibility index (Phi) is 4.90. The van der Waals surface area contributed by atoms with Crippen LogP contribution in [0.2, 0.25) is 0 Å². The molecular weight excluding hydrogens is 298 g/mol. The Balaban J connectivity index is 1.33. The molecule has 2 saturated heterocycles. The maximum atomic E-state index is 4.48. The number of likely N-dealkylation sites (tertiary alicyclic amines) is 2. The molecule has 5 nitrogen and oxygen atoms in total. The molecular formula is C19H33N5. The number of rotatable bonds is 5. The maximum Gasteiger partial charge on any atom is 0.146 e. The van der Waals surface area contributed by atoms with Crippen molar-refractivity contribution in [1.29, 1.82) is 0 Å². The average Bonchev–Trinajstić information content (AvgIpc) is 3.36. The Morgan fingerprint density at radius 2 is 1.88 bits per heavy atom. The summed E-state index contributed by atoms with van der Waals surface area (Å²) in [5, 5.41) is 8.93. The van der Waals surface area contributed by atoms with Crippen LogP contribution in [-0.4, -0.2) is 56.8 Å². The standard InChI is InChI=1S/C19H33N5/c1-15-6-3-4-11-24(15)13-16-7-5-10-23(12-16)14-18-20-21-19(22(18)2)17-8-9-17/h15-17H,3-14H2,1-2H3. The highest BCUT2D eigenvalue weighted by Gasteiger charge is 2.30. The van der Waals surface area contributed by atoms with E-state index in [-0.39, 0.29) is 0 Å². The lowest BCUT2D eigenvalue weighted by Gasteiger charge is -2.39. The largest absolute Gasteiger partial charge is 0.317 e. The highest BCUT2D eigenvalue weighted by Crippen LogP contribution is 2.38. The topological polar surface area (TPSA) is 37.2 Å². The van der Waals surface area contributed by atoms with Crippen molar-refractivity contribution >= 4 is 0 Å². The zero-order valence-corrected chi connectivity index (χ0v) is 15.5. The van der Waals surface area contributed by atoms with Gasteiger partial charge >= 0.3 is 0 Å². The molecule has 4 rings (SSSR count). The molecule has 1 aromatic heterocycles. The molecule has 2 aliphatic heterocycles. The highest BCUT2D eigenvalue weighted by atomic mass is 15.3. The molecule has 0 radical (unpaired) electrons. The van der Waals surface area contributed by atoms with Crippen LogP contribution in [0.5, 0.6) is 0 Å². The predicted octanol–water partition coefficient (Wildman–Crippen LogP) is 2.78. The molecule has 3 fully saturated rings. The van der Waals surface area contributed by atoms with Gasteiger partial charge in [0.25, 0.3) is 0 Å². The third-order valence-electron chi connectivity index (χ3n) is 6.34. The van der Waals surface area contributed by atoms with E-state index in [1.54, 1.807) is 0 Å².